The van der Waals surface area contributed by atoms with E-state index in [2.05, 4.69) is 10.2 Å². The summed E-state index contributed by atoms with van der Waals surface area (Å²) in [5.74, 6) is -0.458. The molecule has 2 rings (SSSR count). The lowest BCUT2D eigenvalue weighted by Gasteiger charge is -1.94. The van der Waals surface area contributed by atoms with Crippen molar-refractivity contribution in [3.05, 3.63) is 40.1 Å². The van der Waals surface area contributed by atoms with Gasteiger partial charge in [0.05, 0.1) is 22.7 Å². The molecule has 0 fully saturated rings. The number of hydrogen-bond acceptors (Lipinski definition) is 5. The molecule has 19 heavy (non-hydrogen) atoms. The molecule has 0 bridgehead atoms. The van der Waals surface area contributed by atoms with Gasteiger partial charge in [-0.25, -0.2) is 4.79 Å². The fourth-order valence-corrected chi connectivity index (χ4v) is 1.61. The van der Waals surface area contributed by atoms with Crippen LogP contribution in [0.4, 0.5) is 5.69 Å². The first-order valence-electron chi connectivity index (χ1n) is 5.59. The summed E-state index contributed by atoms with van der Waals surface area (Å²) in [5, 5.41) is 18.0. The Morgan fingerprint density at radius 2 is 2.37 bits per heavy atom. The van der Waals surface area contributed by atoms with Crippen molar-refractivity contribution in [2.24, 2.45) is 0 Å². The number of nitro groups is 1. The maximum absolute atomic E-state index is 11.2. The topological polar surface area (TPSA) is 98.1 Å². The van der Waals surface area contributed by atoms with E-state index in [1.54, 1.807) is 13.0 Å². The Morgan fingerprint density at radius 3 is 3.05 bits per heavy atom. The number of nitro benzene ring substituents is 1. The van der Waals surface area contributed by atoms with Gasteiger partial charge in [-0.3, -0.25) is 15.2 Å². The molecule has 0 aliphatic carbocycles. The molecule has 0 saturated heterocycles. The Kier molecular flexibility index (Phi) is 3.56. The molecule has 0 aliphatic rings. The van der Waals surface area contributed by atoms with Gasteiger partial charge >= 0.3 is 5.97 Å². The molecule has 1 aromatic carbocycles. The zero-order chi connectivity index (χ0) is 13.8. The number of nitrogens with one attached hydrogen (secondary N) is 1. The highest BCUT2D eigenvalue weighted by molar-refractivity contribution is 5.93. The zero-order valence-corrected chi connectivity index (χ0v) is 10.1. The molecule has 0 unspecified atom stereocenters. The second-order valence-corrected chi connectivity index (χ2v) is 3.68. The van der Waals surface area contributed by atoms with Gasteiger partial charge < -0.3 is 4.74 Å². The van der Waals surface area contributed by atoms with Crippen LogP contribution >= 0.6 is 0 Å². The van der Waals surface area contributed by atoms with E-state index in [1.807, 2.05) is 0 Å². The van der Waals surface area contributed by atoms with E-state index in [0.29, 0.717) is 23.2 Å². The molecule has 7 heteroatoms. The first-order chi connectivity index (χ1) is 9.11. The molecule has 0 aliphatic heterocycles. The van der Waals surface area contributed by atoms with Gasteiger partial charge in [0, 0.05) is 23.6 Å². The highest BCUT2D eigenvalue weighted by Gasteiger charge is 2.09. The minimum atomic E-state index is -0.478. The summed E-state index contributed by atoms with van der Waals surface area (Å²) < 4.78 is 4.75. The molecular weight excluding hydrogens is 250 g/mol. The van der Waals surface area contributed by atoms with Gasteiger partial charge in [-0.2, -0.15) is 5.10 Å². The molecule has 2 aromatic rings. The van der Waals surface area contributed by atoms with Crippen molar-refractivity contribution in [2.45, 2.75) is 6.92 Å². The fourth-order valence-electron chi connectivity index (χ4n) is 1.61. The van der Waals surface area contributed by atoms with E-state index in [0.717, 1.165) is 0 Å². The van der Waals surface area contributed by atoms with E-state index < -0.39 is 10.9 Å². The minimum Gasteiger partial charge on any atom is -0.463 e. The van der Waals surface area contributed by atoms with Crippen LogP contribution in [0.15, 0.2) is 24.3 Å². The van der Waals surface area contributed by atoms with Crippen molar-refractivity contribution < 1.29 is 14.5 Å². The number of non-ortho nitro benzene ring substituents is 1. The zero-order valence-electron chi connectivity index (χ0n) is 10.1. The highest BCUT2D eigenvalue weighted by atomic mass is 16.6. The number of carbonyl (C=O) groups excluding carboxylic acids is 1. The maximum Gasteiger partial charge on any atom is 0.330 e. The minimum absolute atomic E-state index is 0.0166. The van der Waals surface area contributed by atoms with Crippen molar-refractivity contribution in [3.8, 4) is 0 Å². The van der Waals surface area contributed by atoms with Crippen LogP contribution < -0.4 is 0 Å². The summed E-state index contributed by atoms with van der Waals surface area (Å²) in [5.41, 5.74) is 1.05. The van der Waals surface area contributed by atoms with E-state index in [9.17, 15) is 14.9 Å². The van der Waals surface area contributed by atoms with Gasteiger partial charge in [-0.05, 0) is 19.1 Å². The predicted molar refractivity (Wildman–Crippen MR) is 68.4 cm³/mol. The van der Waals surface area contributed by atoms with Crippen LogP contribution in [0.1, 0.15) is 12.6 Å². The normalized spacial score (nSPS) is 11.0. The SMILES string of the molecule is CCOC(=O)C=Cc1n[nH]c2cc([N+](=O)[O-])ccc12. The summed E-state index contributed by atoms with van der Waals surface area (Å²) >= 11 is 0. The van der Waals surface area contributed by atoms with Gasteiger partial charge in [-0.15, -0.1) is 0 Å². The van der Waals surface area contributed by atoms with Crippen LogP contribution in [0.3, 0.4) is 0 Å². The molecule has 0 amide bonds. The number of esters is 1. The summed E-state index contributed by atoms with van der Waals surface area (Å²) in [6.07, 6.45) is 2.77. The molecule has 0 spiro atoms. The lowest BCUT2D eigenvalue weighted by molar-refractivity contribution is -0.384. The highest BCUT2D eigenvalue weighted by Crippen LogP contribution is 2.22. The van der Waals surface area contributed by atoms with Gasteiger partial charge in [0.15, 0.2) is 0 Å². The van der Waals surface area contributed by atoms with Crippen molar-refractivity contribution in [1.82, 2.24) is 10.2 Å². The summed E-state index contributed by atoms with van der Waals surface area (Å²) in [7, 11) is 0. The van der Waals surface area contributed by atoms with E-state index >= 15 is 0 Å². The molecule has 0 radical (unpaired) electrons. The van der Waals surface area contributed by atoms with Crippen LogP contribution in [0, 0.1) is 10.1 Å². The van der Waals surface area contributed by atoms with Crippen molar-refractivity contribution >= 4 is 28.6 Å². The van der Waals surface area contributed by atoms with Gasteiger partial charge in [-0.1, -0.05) is 0 Å². The summed E-state index contributed by atoms with van der Waals surface area (Å²) in [6, 6.07) is 4.37. The Hall–Kier alpha value is -2.70. The van der Waals surface area contributed by atoms with Crippen LogP contribution in [-0.4, -0.2) is 27.7 Å². The average Bonchev–Trinajstić information content (AvgIpc) is 2.79. The van der Waals surface area contributed by atoms with Crippen LogP contribution in [-0.2, 0) is 9.53 Å². The number of ether oxygens (including phenoxy) is 1. The number of aromatic amines is 1. The fraction of sp³-hybridized carbons (Fsp3) is 0.167. The number of aromatic nitrogens is 2. The Balaban J connectivity index is 2.31. The maximum atomic E-state index is 11.2. The Bertz CT molecular complexity index is 660. The van der Waals surface area contributed by atoms with E-state index in [1.165, 1.54) is 24.3 Å². The summed E-state index contributed by atoms with van der Waals surface area (Å²) in [4.78, 5) is 21.3. The monoisotopic (exact) mass is 261 g/mol. The number of benzene rings is 1. The van der Waals surface area contributed by atoms with Crippen molar-refractivity contribution in [3.63, 3.8) is 0 Å². The van der Waals surface area contributed by atoms with Gasteiger partial charge in [0.2, 0.25) is 0 Å². The summed E-state index contributed by atoms with van der Waals surface area (Å²) in [6.45, 7) is 2.02. The number of rotatable bonds is 4. The lowest BCUT2D eigenvalue weighted by atomic mass is 10.2. The van der Waals surface area contributed by atoms with Crippen LogP contribution in [0.5, 0.6) is 0 Å². The molecule has 1 N–H and O–H groups in total. The first-order valence-corrected chi connectivity index (χ1v) is 5.59. The predicted octanol–water partition coefficient (Wildman–Crippen LogP) is 2.05. The molecule has 1 aromatic heterocycles. The molecular formula is C12H11N3O4. The molecule has 7 nitrogen and oxygen atoms in total. The standard InChI is InChI=1S/C12H11N3O4/c1-2-19-12(16)6-5-10-9-4-3-8(15(17)18)7-11(9)14-13-10/h3-7H,2H2,1H3,(H,13,14). The third-order valence-corrected chi connectivity index (χ3v) is 2.45. The molecule has 1 heterocycles. The van der Waals surface area contributed by atoms with Crippen LogP contribution in [0.2, 0.25) is 0 Å². The molecule has 0 saturated carbocycles. The lowest BCUT2D eigenvalue weighted by Crippen LogP contribution is -1.98. The third-order valence-electron chi connectivity index (χ3n) is 2.45. The Morgan fingerprint density at radius 1 is 1.58 bits per heavy atom. The number of hydrogen-bond donors (Lipinski definition) is 1. The molecule has 98 valence electrons. The van der Waals surface area contributed by atoms with E-state index in [4.69, 9.17) is 4.74 Å². The average molecular weight is 261 g/mol. The molecule has 0 atom stereocenters. The van der Waals surface area contributed by atoms with Gasteiger partial charge in [0.1, 0.15) is 0 Å². The Labute approximate surface area is 108 Å². The van der Waals surface area contributed by atoms with Crippen molar-refractivity contribution in [1.29, 1.82) is 0 Å². The number of fused-ring (bicyclic) bond motifs is 1. The number of carbonyl (C=O) groups is 1. The second kappa shape index (κ2) is 5.30. The second-order valence-electron chi connectivity index (χ2n) is 3.68. The first kappa shape index (κ1) is 12.7. The van der Waals surface area contributed by atoms with Gasteiger partial charge in [0.25, 0.3) is 5.69 Å². The van der Waals surface area contributed by atoms with Crippen LogP contribution in [0.25, 0.3) is 17.0 Å². The largest absolute Gasteiger partial charge is 0.463 e. The third kappa shape index (κ3) is 2.76. The quantitative estimate of drug-likeness (QED) is 0.393. The number of nitrogens with zero attached hydrogens (tertiary/aromatic N) is 2. The smallest absolute Gasteiger partial charge is 0.330 e. The van der Waals surface area contributed by atoms with E-state index in [-0.39, 0.29) is 5.69 Å². The number of H-pyrrole nitrogens is 1. The van der Waals surface area contributed by atoms with Crippen molar-refractivity contribution in [2.75, 3.05) is 6.61 Å².